The quantitative estimate of drug-likeness (QED) is 0.489. The lowest BCUT2D eigenvalue weighted by atomic mass is 10.2. The molecule has 0 bridgehead atoms. The van der Waals surface area contributed by atoms with Crippen molar-refractivity contribution in [3.05, 3.63) is 68.9 Å². The zero-order valence-electron chi connectivity index (χ0n) is 13.7. The zero-order chi connectivity index (χ0) is 18.3. The van der Waals surface area contributed by atoms with Gasteiger partial charge in [-0.1, -0.05) is 0 Å². The maximum Gasteiger partial charge on any atom is 0.350 e. The van der Waals surface area contributed by atoms with Gasteiger partial charge in [-0.3, -0.25) is 4.79 Å². The van der Waals surface area contributed by atoms with Crippen LogP contribution >= 0.6 is 0 Å². The molecule has 2 heterocycles. The summed E-state index contributed by atoms with van der Waals surface area (Å²) in [6.07, 6.45) is 1.37. The second kappa shape index (κ2) is 5.92. The number of fused-ring (bicyclic) bond motifs is 3. The highest BCUT2D eigenvalue weighted by Gasteiger charge is 2.13. The molecule has 4 aromatic rings. The Bertz CT molecular complexity index is 1260. The first-order valence-corrected chi connectivity index (χ1v) is 7.75. The molecule has 2 aromatic carbocycles. The zero-order valence-corrected chi connectivity index (χ0v) is 13.7. The highest BCUT2D eigenvalue weighted by Crippen LogP contribution is 2.24. The van der Waals surface area contributed by atoms with Crippen LogP contribution in [0.3, 0.4) is 0 Å². The van der Waals surface area contributed by atoms with Crippen LogP contribution in [0.15, 0.2) is 57.2 Å². The lowest BCUT2D eigenvalue weighted by Gasteiger charge is -1.99. The summed E-state index contributed by atoms with van der Waals surface area (Å²) >= 11 is 0. The van der Waals surface area contributed by atoms with E-state index in [1.165, 1.54) is 18.3 Å². The van der Waals surface area contributed by atoms with Gasteiger partial charge in [-0.05, 0) is 42.0 Å². The number of aromatic amines is 2. The lowest BCUT2D eigenvalue weighted by molar-refractivity contribution is 0.415. The van der Waals surface area contributed by atoms with Gasteiger partial charge in [0.2, 0.25) is 0 Å². The Labute approximate surface area is 146 Å². The predicted molar refractivity (Wildman–Crippen MR) is 98.3 cm³/mol. The van der Waals surface area contributed by atoms with E-state index < -0.39 is 11.2 Å². The summed E-state index contributed by atoms with van der Waals surface area (Å²) in [6, 6.07) is 11.5. The van der Waals surface area contributed by atoms with Crippen LogP contribution in [0.5, 0.6) is 11.5 Å². The highest BCUT2D eigenvalue weighted by molar-refractivity contribution is 6.04. The number of aromatic nitrogens is 3. The molecule has 3 N–H and O–H groups in total. The SMILES string of the molecule is COc1ccc2c(c1)[nH]c1c(=O)n(/N=C\c3ccc(O)cc3)c(=O)[nH]c12. The van der Waals surface area contributed by atoms with Gasteiger partial charge < -0.3 is 19.8 Å². The van der Waals surface area contributed by atoms with E-state index in [0.717, 1.165) is 4.68 Å². The second-order valence-corrected chi connectivity index (χ2v) is 5.67. The fraction of sp³-hybridized carbons (Fsp3) is 0.0556. The Kier molecular flexibility index (Phi) is 3.58. The Morgan fingerprint density at radius 3 is 2.58 bits per heavy atom. The molecule has 0 saturated heterocycles. The van der Waals surface area contributed by atoms with Gasteiger partial charge in [-0.2, -0.15) is 5.10 Å². The molecule has 26 heavy (non-hydrogen) atoms. The molecule has 0 aliphatic heterocycles. The number of H-pyrrole nitrogens is 2. The van der Waals surface area contributed by atoms with Crippen molar-refractivity contribution in [3.8, 4) is 11.5 Å². The van der Waals surface area contributed by atoms with Gasteiger partial charge in [0.25, 0.3) is 0 Å². The number of aromatic hydroxyl groups is 1. The van der Waals surface area contributed by atoms with E-state index in [4.69, 9.17) is 4.74 Å². The molecular formula is C18H14N4O4. The molecule has 0 radical (unpaired) electrons. The van der Waals surface area contributed by atoms with Gasteiger partial charge in [0.1, 0.15) is 17.0 Å². The van der Waals surface area contributed by atoms with Crippen LogP contribution in [0, 0.1) is 0 Å². The number of hydrogen-bond acceptors (Lipinski definition) is 5. The summed E-state index contributed by atoms with van der Waals surface area (Å²) in [6.45, 7) is 0. The summed E-state index contributed by atoms with van der Waals surface area (Å²) in [5.41, 5.74) is 0.774. The van der Waals surface area contributed by atoms with E-state index in [0.29, 0.717) is 27.7 Å². The van der Waals surface area contributed by atoms with Gasteiger partial charge in [0.15, 0.2) is 0 Å². The molecule has 0 saturated carbocycles. The summed E-state index contributed by atoms with van der Waals surface area (Å²) in [5.74, 6) is 0.754. The van der Waals surface area contributed by atoms with Crippen LogP contribution in [-0.4, -0.2) is 33.1 Å². The van der Waals surface area contributed by atoms with Crippen LogP contribution in [0.2, 0.25) is 0 Å². The fourth-order valence-corrected chi connectivity index (χ4v) is 2.74. The summed E-state index contributed by atoms with van der Waals surface area (Å²) in [7, 11) is 1.55. The number of phenolic OH excluding ortho intramolecular Hbond substituents is 1. The van der Waals surface area contributed by atoms with Crippen LogP contribution in [0.25, 0.3) is 21.9 Å². The maximum atomic E-state index is 12.7. The number of phenols is 1. The van der Waals surface area contributed by atoms with E-state index in [1.54, 1.807) is 37.4 Å². The number of nitrogens with one attached hydrogen (secondary N) is 2. The Balaban J connectivity index is 1.88. The van der Waals surface area contributed by atoms with Crippen molar-refractivity contribution in [3.63, 3.8) is 0 Å². The molecule has 0 aliphatic rings. The lowest BCUT2D eigenvalue weighted by Crippen LogP contribution is -2.32. The smallest absolute Gasteiger partial charge is 0.350 e. The van der Waals surface area contributed by atoms with Gasteiger partial charge in [-0.25, -0.2) is 4.79 Å². The van der Waals surface area contributed by atoms with Crippen molar-refractivity contribution < 1.29 is 9.84 Å². The number of nitrogens with zero attached hydrogens (tertiary/aromatic N) is 2. The van der Waals surface area contributed by atoms with E-state index in [2.05, 4.69) is 15.1 Å². The number of rotatable bonds is 3. The maximum absolute atomic E-state index is 12.7. The standard InChI is InChI=1S/C18H14N4O4/c1-26-12-6-7-13-14(8-12)20-16-15(13)21-18(25)22(17(16)24)19-9-10-2-4-11(23)5-3-10/h2-9,20,23H,1H3,(H,21,25)/b19-9-. The van der Waals surface area contributed by atoms with Crippen molar-refractivity contribution >= 4 is 28.2 Å². The highest BCUT2D eigenvalue weighted by atomic mass is 16.5. The number of hydrogen-bond donors (Lipinski definition) is 3. The van der Waals surface area contributed by atoms with Crippen molar-refractivity contribution in [2.24, 2.45) is 5.10 Å². The Morgan fingerprint density at radius 2 is 1.85 bits per heavy atom. The molecule has 130 valence electrons. The first-order valence-electron chi connectivity index (χ1n) is 7.75. The molecule has 0 spiro atoms. The van der Waals surface area contributed by atoms with Gasteiger partial charge in [-0.15, -0.1) is 4.68 Å². The predicted octanol–water partition coefficient (Wildman–Crippen LogP) is 1.77. The third-order valence-electron chi connectivity index (χ3n) is 4.05. The fourth-order valence-electron chi connectivity index (χ4n) is 2.74. The van der Waals surface area contributed by atoms with Crippen molar-refractivity contribution in [1.29, 1.82) is 0 Å². The third-order valence-corrected chi connectivity index (χ3v) is 4.05. The summed E-state index contributed by atoms with van der Waals surface area (Å²) in [5, 5.41) is 14.0. The molecule has 2 aromatic heterocycles. The number of methoxy groups -OCH3 is 1. The normalized spacial score (nSPS) is 11.6. The minimum Gasteiger partial charge on any atom is -0.508 e. The first kappa shape index (κ1) is 15.7. The third kappa shape index (κ3) is 2.53. The molecular weight excluding hydrogens is 336 g/mol. The molecule has 0 aliphatic carbocycles. The summed E-state index contributed by atoms with van der Waals surface area (Å²) < 4.78 is 5.93. The van der Waals surface area contributed by atoms with Crippen molar-refractivity contribution in [1.82, 2.24) is 14.6 Å². The van der Waals surface area contributed by atoms with Gasteiger partial charge in [0, 0.05) is 11.5 Å². The first-order chi connectivity index (χ1) is 12.6. The van der Waals surface area contributed by atoms with E-state index >= 15 is 0 Å². The molecule has 8 heteroatoms. The van der Waals surface area contributed by atoms with Crippen LogP contribution in [0.4, 0.5) is 0 Å². The molecule has 4 rings (SSSR count). The Morgan fingerprint density at radius 1 is 1.08 bits per heavy atom. The van der Waals surface area contributed by atoms with Crippen molar-refractivity contribution in [2.75, 3.05) is 7.11 Å². The minimum absolute atomic E-state index is 0.118. The summed E-state index contributed by atoms with van der Waals surface area (Å²) in [4.78, 5) is 30.7. The van der Waals surface area contributed by atoms with Gasteiger partial charge in [0.05, 0.1) is 24.4 Å². The minimum atomic E-state index is -0.644. The largest absolute Gasteiger partial charge is 0.508 e. The van der Waals surface area contributed by atoms with E-state index in [9.17, 15) is 14.7 Å². The van der Waals surface area contributed by atoms with Crippen LogP contribution < -0.4 is 16.0 Å². The monoisotopic (exact) mass is 350 g/mol. The average molecular weight is 350 g/mol. The second-order valence-electron chi connectivity index (χ2n) is 5.67. The van der Waals surface area contributed by atoms with E-state index in [-0.39, 0.29) is 11.3 Å². The van der Waals surface area contributed by atoms with Crippen LogP contribution in [0.1, 0.15) is 5.56 Å². The van der Waals surface area contributed by atoms with E-state index in [1.807, 2.05) is 0 Å². The average Bonchev–Trinajstić information content (AvgIpc) is 3.01. The van der Waals surface area contributed by atoms with Crippen LogP contribution in [-0.2, 0) is 0 Å². The number of benzene rings is 2. The molecule has 0 fully saturated rings. The van der Waals surface area contributed by atoms with Crippen molar-refractivity contribution in [2.45, 2.75) is 0 Å². The molecule has 8 nitrogen and oxygen atoms in total. The number of ether oxygens (including phenoxy) is 1. The van der Waals surface area contributed by atoms with Gasteiger partial charge >= 0.3 is 11.2 Å². The molecule has 0 amide bonds. The Hall–Kier alpha value is -3.81. The molecule has 0 atom stereocenters. The molecule has 0 unspecified atom stereocenters. The topological polar surface area (TPSA) is 112 Å².